The maximum atomic E-state index is 2.49. The number of para-hydroxylation sites is 3. The number of rotatable bonds is 7. The first-order valence-electron chi connectivity index (χ1n) is 20.2. The zero-order valence-electron chi connectivity index (χ0n) is 32.0. The van der Waals surface area contributed by atoms with E-state index in [1.807, 2.05) is 0 Å². The van der Waals surface area contributed by atoms with Crippen molar-refractivity contribution in [3.63, 3.8) is 0 Å². The van der Waals surface area contributed by atoms with Gasteiger partial charge in [0.15, 0.2) is 0 Å². The number of benzene rings is 9. The summed E-state index contributed by atoms with van der Waals surface area (Å²) in [6.07, 6.45) is 7.17. The average Bonchev–Trinajstić information content (AvgIpc) is 3.63. The second-order valence-corrected chi connectivity index (χ2v) is 15.2. The molecule has 9 aromatic rings. The Hall–Kier alpha value is -7.42. The summed E-state index contributed by atoms with van der Waals surface area (Å²) in [5.74, 6) is 0.277. The van der Waals surface area contributed by atoms with Gasteiger partial charge in [0, 0.05) is 34.4 Å². The summed E-state index contributed by atoms with van der Waals surface area (Å²) >= 11 is 0. The maximum Gasteiger partial charge on any atom is 0.0630 e. The number of fused-ring (bicyclic) bond motifs is 5. The highest BCUT2D eigenvalue weighted by Gasteiger charge is 2.38. The third-order valence-corrected chi connectivity index (χ3v) is 12.0. The topological polar surface area (TPSA) is 6.48 Å². The lowest BCUT2D eigenvalue weighted by molar-refractivity contribution is 0.747. The van der Waals surface area contributed by atoms with Gasteiger partial charge in [0.05, 0.1) is 6.04 Å². The molecule has 0 spiro atoms. The van der Waals surface area contributed by atoms with Gasteiger partial charge in [-0.1, -0.05) is 176 Å². The second-order valence-electron chi connectivity index (χ2n) is 15.2. The van der Waals surface area contributed by atoms with E-state index in [0.29, 0.717) is 0 Å². The van der Waals surface area contributed by atoms with Crippen LogP contribution >= 0.6 is 0 Å². The van der Waals surface area contributed by atoms with Crippen molar-refractivity contribution in [1.82, 2.24) is 0 Å². The average molecular weight is 741 g/mol. The first kappa shape index (κ1) is 33.9. The Bertz CT molecular complexity index is 2930. The van der Waals surface area contributed by atoms with E-state index in [-0.39, 0.29) is 12.0 Å². The third-order valence-electron chi connectivity index (χ3n) is 12.0. The largest absolute Gasteiger partial charge is 0.333 e. The molecular weight excluding hydrogens is 701 g/mol. The summed E-state index contributed by atoms with van der Waals surface area (Å²) in [5, 5.41) is 5.05. The van der Waals surface area contributed by atoms with Crippen LogP contribution in [0.3, 0.4) is 0 Å². The van der Waals surface area contributed by atoms with E-state index in [9.17, 15) is 0 Å². The Labute approximate surface area is 339 Å². The van der Waals surface area contributed by atoms with Crippen LogP contribution in [-0.2, 0) is 0 Å². The smallest absolute Gasteiger partial charge is 0.0630 e. The fourth-order valence-corrected chi connectivity index (χ4v) is 9.39. The predicted octanol–water partition coefficient (Wildman–Crippen LogP) is 15.1. The molecule has 2 nitrogen and oxygen atoms in total. The van der Waals surface area contributed by atoms with E-state index in [0.717, 1.165) is 17.1 Å². The molecule has 2 aliphatic rings. The minimum Gasteiger partial charge on any atom is -0.333 e. The highest BCUT2D eigenvalue weighted by atomic mass is 15.2. The number of hydrogen-bond acceptors (Lipinski definition) is 2. The summed E-state index contributed by atoms with van der Waals surface area (Å²) < 4.78 is 0. The predicted molar refractivity (Wildman–Crippen MR) is 246 cm³/mol. The molecule has 1 aliphatic heterocycles. The van der Waals surface area contributed by atoms with E-state index >= 15 is 0 Å². The van der Waals surface area contributed by atoms with Crippen LogP contribution in [0.25, 0.3) is 49.4 Å². The molecule has 0 amide bonds. The lowest BCUT2D eigenvalue weighted by Gasteiger charge is -2.30. The van der Waals surface area contributed by atoms with Gasteiger partial charge in [-0.2, -0.15) is 0 Å². The Morgan fingerprint density at radius 3 is 1.41 bits per heavy atom. The van der Waals surface area contributed by atoms with Crippen LogP contribution in [0, 0.1) is 0 Å². The molecule has 2 heteroatoms. The molecule has 0 saturated heterocycles. The molecule has 0 radical (unpaired) electrons. The molecule has 0 bridgehead atoms. The molecule has 11 rings (SSSR count). The molecule has 0 fully saturated rings. The van der Waals surface area contributed by atoms with Crippen molar-refractivity contribution < 1.29 is 0 Å². The summed E-state index contributed by atoms with van der Waals surface area (Å²) in [7, 11) is 0. The second kappa shape index (κ2) is 14.3. The molecule has 0 saturated carbocycles. The molecule has 58 heavy (non-hydrogen) atoms. The molecule has 0 aromatic heterocycles. The monoisotopic (exact) mass is 740 g/mol. The summed E-state index contributed by atoms with van der Waals surface area (Å²) in [4.78, 5) is 4.84. The van der Waals surface area contributed by atoms with Crippen molar-refractivity contribution in [3.05, 3.63) is 242 Å². The summed E-state index contributed by atoms with van der Waals surface area (Å²) in [5.41, 5.74) is 14.7. The van der Waals surface area contributed by atoms with Crippen molar-refractivity contribution in [1.29, 1.82) is 0 Å². The van der Waals surface area contributed by atoms with Crippen LogP contribution in [0.5, 0.6) is 0 Å². The van der Waals surface area contributed by atoms with Gasteiger partial charge in [0.1, 0.15) is 0 Å². The van der Waals surface area contributed by atoms with Crippen molar-refractivity contribution in [3.8, 4) is 22.3 Å². The zero-order valence-corrected chi connectivity index (χ0v) is 32.0. The first-order valence-corrected chi connectivity index (χ1v) is 20.2. The summed E-state index contributed by atoms with van der Waals surface area (Å²) in [6, 6.07) is 77.3. The number of anilines is 5. The van der Waals surface area contributed by atoms with Crippen LogP contribution in [0.1, 0.15) is 17.0 Å². The normalized spacial score (nSPS) is 15.6. The van der Waals surface area contributed by atoms with E-state index in [4.69, 9.17) is 0 Å². The molecule has 274 valence electrons. The quantitative estimate of drug-likeness (QED) is 0.150. The van der Waals surface area contributed by atoms with Gasteiger partial charge in [0.2, 0.25) is 0 Å². The molecule has 0 N–H and O–H groups in total. The van der Waals surface area contributed by atoms with Crippen LogP contribution in [0.15, 0.2) is 231 Å². The third kappa shape index (κ3) is 5.73. The van der Waals surface area contributed by atoms with E-state index in [1.54, 1.807) is 0 Å². The Kier molecular flexibility index (Phi) is 8.33. The maximum absolute atomic E-state index is 2.49. The van der Waals surface area contributed by atoms with Gasteiger partial charge >= 0.3 is 0 Å². The standard InChI is InChI=1S/C56H40N2/c1-4-16-40(17-5-1)55-48-23-10-12-25-50(48)56(51-26-13-11-24-49(51)55)41-30-35-46(36-31-41)57(43-18-6-2-7-19-43)45-33-28-39(29-34-45)42-32-37-54-52(38-42)47-22-14-15-27-53(47)58(54)44-20-8-3-9-21-44/h1-38,52,54H. The minimum absolute atomic E-state index is 0.247. The molecule has 9 aromatic carbocycles. The van der Waals surface area contributed by atoms with Gasteiger partial charge in [-0.3, -0.25) is 0 Å². The highest BCUT2D eigenvalue weighted by molar-refractivity contribution is 6.21. The Morgan fingerprint density at radius 2 is 0.828 bits per heavy atom. The van der Waals surface area contributed by atoms with Crippen molar-refractivity contribution in [2.45, 2.75) is 12.0 Å². The van der Waals surface area contributed by atoms with Gasteiger partial charge in [-0.05, 0) is 115 Å². The van der Waals surface area contributed by atoms with E-state index in [2.05, 4.69) is 240 Å². The van der Waals surface area contributed by atoms with Crippen LogP contribution in [-0.4, -0.2) is 6.04 Å². The molecule has 1 aliphatic carbocycles. The lowest BCUT2D eigenvalue weighted by Crippen LogP contribution is -2.28. The number of nitrogens with zero attached hydrogens (tertiary/aromatic N) is 2. The van der Waals surface area contributed by atoms with Gasteiger partial charge in [-0.25, -0.2) is 0 Å². The molecule has 2 atom stereocenters. The first-order chi connectivity index (χ1) is 28.8. The Morgan fingerprint density at radius 1 is 0.379 bits per heavy atom. The minimum atomic E-state index is 0.247. The van der Waals surface area contributed by atoms with Gasteiger partial charge < -0.3 is 9.80 Å². The SMILES string of the molecule is C1=CC2C(C=C1c1ccc(N(c3ccccc3)c3ccc(-c4c5ccccc5c(-c5ccccc5)c5ccccc45)cc3)cc1)c1ccccc1N2c1ccccc1. The number of hydrogen-bond donors (Lipinski definition) is 0. The van der Waals surface area contributed by atoms with Crippen LogP contribution < -0.4 is 9.80 Å². The van der Waals surface area contributed by atoms with E-state index in [1.165, 1.54) is 71.9 Å². The Balaban J connectivity index is 0.954. The van der Waals surface area contributed by atoms with Crippen LogP contribution in [0.2, 0.25) is 0 Å². The lowest BCUT2D eigenvalue weighted by atomic mass is 9.86. The zero-order chi connectivity index (χ0) is 38.4. The van der Waals surface area contributed by atoms with Crippen molar-refractivity contribution in [2.24, 2.45) is 0 Å². The van der Waals surface area contributed by atoms with Crippen LogP contribution in [0.4, 0.5) is 28.4 Å². The molecule has 2 unspecified atom stereocenters. The fourth-order valence-electron chi connectivity index (χ4n) is 9.39. The highest BCUT2D eigenvalue weighted by Crippen LogP contribution is 2.49. The molecule has 1 heterocycles. The number of allylic oxidation sites excluding steroid dienone is 2. The van der Waals surface area contributed by atoms with Gasteiger partial charge in [0.25, 0.3) is 0 Å². The molecular formula is C56H40N2. The van der Waals surface area contributed by atoms with Crippen molar-refractivity contribution >= 4 is 55.6 Å². The summed E-state index contributed by atoms with van der Waals surface area (Å²) in [6.45, 7) is 0. The van der Waals surface area contributed by atoms with Crippen molar-refractivity contribution in [2.75, 3.05) is 9.80 Å². The fraction of sp³-hybridized carbons (Fsp3) is 0.0357. The van der Waals surface area contributed by atoms with E-state index < -0.39 is 0 Å². The van der Waals surface area contributed by atoms with Gasteiger partial charge in [-0.15, -0.1) is 0 Å².